The normalized spacial score (nSPS) is 30.9. The number of aliphatic imine (C=N–C) groups is 3. The number of fused-ring (bicyclic) bond motifs is 1. The number of aliphatic hydroxyl groups excluding tert-OH is 1. The van der Waals surface area contributed by atoms with Gasteiger partial charge in [-0.1, -0.05) is 0 Å². The van der Waals surface area contributed by atoms with Crippen molar-refractivity contribution < 1.29 is 150 Å². The molecule has 4 N–H and O–H groups in total. The van der Waals surface area contributed by atoms with Crippen molar-refractivity contribution in [1.82, 2.24) is 4.90 Å². The number of hydrogen-bond donors (Lipinski definition) is 3. The zero-order valence-corrected chi connectivity index (χ0v) is 26.6. The maximum Gasteiger partial charge on any atom is 1.00 e. The molecule has 0 spiro atoms. The van der Waals surface area contributed by atoms with Crippen LogP contribution in [0, 0.1) is 0 Å². The van der Waals surface area contributed by atoms with Crippen LogP contribution in [0.2, 0.25) is 0 Å². The Labute approximate surface area is 257 Å². The molecule has 174 valence electrons. The maximum atomic E-state index is 11.8. The third-order valence-corrected chi connectivity index (χ3v) is 7.54. The Balaban J connectivity index is 0.00000363. The number of amidine groups is 1. The number of phosphoric ester groups is 1. The van der Waals surface area contributed by atoms with Gasteiger partial charge in [-0.2, -0.15) is 9.98 Å². The van der Waals surface area contributed by atoms with Gasteiger partial charge in [0.05, 0.1) is 19.0 Å². The van der Waals surface area contributed by atoms with Crippen molar-refractivity contribution in [2.45, 2.75) is 30.9 Å². The minimum absolute atomic E-state index is 0. The largest absolute Gasteiger partial charge is 1.00 e. The van der Waals surface area contributed by atoms with Crippen LogP contribution in [-0.2, 0) is 36.4 Å². The molecule has 34 heavy (non-hydrogen) atoms. The van der Waals surface area contributed by atoms with Gasteiger partial charge < -0.3 is 39.7 Å². The van der Waals surface area contributed by atoms with Crippen LogP contribution in [-0.4, -0.2) is 70.0 Å². The first-order chi connectivity index (χ1) is 14.2. The summed E-state index contributed by atoms with van der Waals surface area (Å²) in [5.41, 5.74) is 5.44. The van der Waals surface area contributed by atoms with Crippen molar-refractivity contribution in [1.29, 1.82) is 0 Å². The first-order valence-electron chi connectivity index (χ1n) is 8.01. The summed E-state index contributed by atoms with van der Waals surface area (Å²) in [7, 11) is -17.6. The van der Waals surface area contributed by atoms with Gasteiger partial charge in [0.25, 0.3) is 29.4 Å². The number of hydrogen-bond acceptors (Lipinski definition) is 16. The second kappa shape index (κ2) is 13.6. The van der Waals surface area contributed by atoms with Gasteiger partial charge in [-0.3, -0.25) is 28.4 Å². The zero-order valence-electron chi connectivity index (χ0n) is 17.9. The monoisotopic (exact) mass is 573 g/mol. The number of carbonyl (C=O) groups is 1. The summed E-state index contributed by atoms with van der Waals surface area (Å²) in [6, 6.07) is -1.05. The summed E-state index contributed by atoms with van der Waals surface area (Å²) in [4.78, 5) is 65.8. The number of nitrogens with zero attached hydrogens (tertiary/aromatic N) is 4. The van der Waals surface area contributed by atoms with Crippen molar-refractivity contribution in [2.75, 3.05) is 6.61 Å². The third kappa shape index (κ3) is 9.73. The topological polar surface area (TPSA) is 281 Å². The Bertz CT molecular complexity index is 1010. The first kappa shape index (κ1) is 35.6. The van der Waals surface area contributed by atoms with Gasteiger partial charge in [0.2, 0.25) is 5.96 Å². The van der Waals surface area contributed by atoms with Gasteiger partial charge in [0.1, 0.15) is 12.3 Å². The van der Waals surface area contributed by atoms with Gasteiger partial charge >= 0.3 is 88.7 Å². The number of nitrogens with two attached hydrogens (primary N) is 1. The predicted octanol–water partition coefficient (Wildman–Crippen LogP) is -13.1. The van der Waals surface area contributed by atoms with E-state index in [9.17, 15) is 38.3 Å². The molecule has 3 aliphatic rings. The molecule has 0 aromatic heterocycles. The molecule has 1 amide bonds. The van der Waals surface area contributed by atoms with Crippen LogP contribution >= 0.6 is 23.5 Å². The Morgan fingerprint density at radius 3 is 2.35 bits per heavy atom. The molecule has 0 radical (unpaired) electrons. The number of guanidine groups is 1. The first-order valence-corrected chi connectivity index (χ1v) is 12.4. The van der Waals surface area contributed by atoms with Crippen LogP contribution in [0.3, 0.4) is 0 Å². The van der Waals surface area contributed by atoms with Gasteiger partial charge in [-0.25, -0.2) is 8.62 Å². The van der Waals surface area contributed by atoms with Crippen LogP contribution in [0.5, 0.6) is 0 Å². The van der Waals surface area contributed by atoms with E-state index in [0.29, 0.717) is 0 Å². The maximum absolute atomic E-state index is 11.8. The Hall–Kier alpha value is 1.61. The fourth-order valence-electron chi connectivity index (χ4n) is 2.72. The molecule has 0 aromatic carbocycles. The van der Waals surface area contributed by atoms with Gasteiger partial charge in [-0.05, 0) is 0 Å². The van der Waals surface area contributed by atoms with Crippen LogP contribution in [0.4, 0.5) is 0 Å². The predicted molar refractivity (Wildman–Crippen MR) is 90.6 cm³/mol. The average molecular weight is 573 g/mol. The van der Waals surface area contributed by atoms with E-state index in [2.05, 4.69) is 28.1 Å². The van der Waals surface area contributed by atoms with E-state index in [1.807, 2.05) is 0 Å². The number of ether oxygens (including phenoxy) is 1. The van der Waals surface area contributed by atoms with E-state index in [0.717, 1.165) is 0 Å². The quantitative estimate of drug-likeness (QED) is 0.180. The van der Waals surface area contributed by atoms with Crippen molar-refractivity contribution in [3.05, 3.63) is 0 Å². The second-order valence-corrected chi connectivity index (χ2v) is 10.4. The van der Waals surface area contributed by atoms with Gasteiger partial charge in [0.15, 0.2) is 11.9 Å². The third-order valence-electron chi connectivity index (χ3n) is 3.85. The molecule has 0 aliphatic carbocycles. The van der Waals surface area contributed by atoms with E-state index < -0.39 is 60.5 Å². The second-order valence-electron chi connectivity index (χ2n) is 6.11. The molecule has 24 heteroatoms. The average Bonchev–Trinajstić information content (AvgIpc) is 3.13. The zero-order chi connectivity index (χ0) is 23.2. The van der Waals surface area contributed by atoms with E-state index >= 15 is 0 Å². The summed E-state index contributed by atoms with van der Waals surface area (Å²) in [6.07, 6.45) is -2.56. The summed E-state index contributed by atoms with van der Waals surface area (Å²) in [5.74, 6) is -0.909. The minimum atomic E-state index is -6.05. The number of amides is 1. The van der Waals surface area contributed by atoms with Crippen LogP contribution in [0.1, 0.15) is 6.42 Å². The summed E-state index contributed by atoms with van der Waals surface area (Å²) in [6.45, 7) is -0.948. The van der Waals surface area contributed by atoms with Crippen molar-refractivity contribution in [2.24, 2.45) is 20.7 Å². The Kier molecular flexibility index (Phi) is 14.2. The standard InChI is InChI=1S/C10H16N5O13P3.3Na/c11-10-13-8-7(9(17)14-10)12-3-15(8)6-1-4(16)5(26-6)2-25-30(21,22)28-31(23,24)27-29(18,19)20;;;/h3-7,16H,1-2H2,(H,21,22)(H,23,24)(H2,11,14,17)(H2,18,19,20);;;/q;3*+1/p-3/t4-,5-,6+,7?;;;/m1.../s1. The van der Waals surface area contributed by atoms with Crippen LogP contribution in [0.25, 0.3) is 0 Å². The van der Waals surface area contributed by atoms with E-state index in [4.69, 9.17) is 15.4 Å². The smallest absolute Gasteiger partial charge is 0.756 e. The Morgan fingerprint density at radius 2 is 1.76 bits per heavy atom. The molecule has 0 bridgehead atoms. The SMILES string of the molecule is NC1=NC(=O)C2N=CN([C@@H]3C[C@@H](O)[C@@H](COP(=O)([O-])OP(=O)([O-])OP(=O)([O-])O)O3)C2=N1.[Na+].[Na+].[Na+]. The molecule has 4 unspecified atom stereocenters. The summed E-state index contributed by atoms with van der Waals surface area (Å²) >= 11 is 0. The molecule has 0 aromatic rings. The fourth-order valence-corrected chi connectivity index (χ4v) is 5.62. The number of rotatable bonds is 8. The number of carbonyl (C=O) groups excluding carboxylic acids is 1. The van der Waals surface area contributed by atoms with Crippen LogP contribution in [0.15, 0.2) is 15.0 Å². The Morgan fingerprint density at radius 1 is 1.15 bits per heavy atom. The van der Waals surface area contributed by atoms with Gasteiger partial charge in [0, 0.05) is 6.42 Å². The number of phosphoric acid groups is 3. The van der Waals surface area contributed by atoms with Crippen molar-refractivity contribution in [3.63, 3.8) is 0 Å². The molecule has 3 aliphatic heterocycles. The van der Waals surface area contributed by atoms with Crippen LogP contribution < -0.4 is 109 Å². The summed E-state index contributed by atoms with van der Waals surface area (Å²) in [5, 5.41) is 10.1. The molecule has 1 saturated heterocycles. The molecule has 3 heterocycles. The fraction of sp³-hybridized carbons (Fsp3) is 0.600. The number of aliphatic hydroxyl groups is 1. The molecule has 0 saturated carbocycles. The van der Waals surface area contributed by atoms with Gasteiger partial charge in [-0.15, -0.1) is 0 Å². The molecule has 7 atom stereocenters. The summed E-state index contributed by atoms with van der Waals surface area (Å²) < 4.78 is 49.5. The molecule has 1 fully saturated rings. The van der Waals surface area contributed by atoms with Crippen molar-refractivity contribution >= 4 is 47.5 Å². The minimum Gasteiger partial charge on any atom is -0.756 e. The van der Waals surface area contributed by atoms with E-state index in [1.165, 1.54) is 11.2 Å². The van der Waals surface area contributed by atoms with E-state index in [-0.39, 0.29) is 107 Å². The molecular formula is C10H13N5Na3O13P3. The van der Waals surface area contributed by atoms with E-state index in [1.54, 1.807) is 0 Å². The molecule has 3 rings (SSSR count). The molecular weight excluding hydrogens is 560 g/mol. The molecule has 18 nitrogen and oxygen atoms in total. The van der Waals surface area contributed by atoms with Crippen molar-refractivity contribution in [3.8, 4) is 0 Å².